The topological polar surface area (TPSA) is 77.2 Å². The standard InChI is InChI=1S/C22H27N3O3/c1-5-28-21(27)12-17(10-16-7-6-14(2)18(11-16)13-26)19-8-9-20-22(15(19)3)23-24-25(20)4/h6-9,11,17,26H,5,10,12-13H2,1-4H3/t17-/m1/s1. The minimum Gasteiger partial charge on any atom is -0.466 e. The molecule has 1 N–H and O–H groups in total. The number of aliphatic hydroxyl groups is 1. The van der Waals surface area contributed by atoms with Crippen LogP contribution >= 0.6 is 0 Å². The van der Waals surface area contributed by atoms with Crippen LogP contribution in [0.5, 0.6) is 0 Å². The summed E-state index contributed by atoms with van der Waals surface area (Å²) >= 11 is 0. The predicted octanol–water partition coefficient (Wildman–Crippen LogP) is 3.36. The molecule has 0 amide bonds. The molecule has 0 bridgehead atoms. The van der Waals surface area contributed by atoms with E-state index in [1.807, 2.05) is 46.0 Å². The molecule has 0 aliphatic carbocycles. The van der Waals surface area contributed by atoms with Crippen LogP contribution < -0.4 is 0 Å². The summed E-state index contributed by atoms with van der Waals surface area (Å²) in [5.74, 6) is -0.250. The van der Waals surface area contributed by atoms with Crippen LogP contribution in [0.2, 0.25) is 0 Å². The van der Waals surface area contributed by atoms with Crippen molar-refractivity contribution in [2.45, 2.75) is 46.1 Å². The van der Waals surface area contributed by atoms with Crippen LogP contribution in [-0.4, -0.2) is 32.7 Å². The summed E-state index contributed by atoms with van der Waals surface area (Å²) in [6.07, 6.45) is 0.974. The lowest BCUT2D eigenvalue weighted by Gasteiger charge is -2.20. The fourth-order valence-corrected chi connectivity index (χ4v) is 3.71. The number of hydrogen-bond acceptors (Lipinski definition) is 5. The van der Waals surface area contributed by atoms with E-state index in [9.17, 15) is 9.90 Å². The predicted molar refractivity (Wildman–Crippen MR) is 108 cm³/mol. The molecule has 0 fully saturated rings. The zero-order valence-corrected chi connectivity index (χ0v) is 16.9. The minimum absolute atomic E-state index is 0.00675. The zero-order chi connectivity index (χ0) is 20.3. The second-order valence-corrected chi connectivity index (χ2v) is 7.19. The van der Waals surface area contributed by atoms with E-state index in [2.05, 4.69) is 22.4 Å². The number of aryl methyl sites for hydroxylation is 3. The second-order valence-electron chi connectivity index (χ2n) is 7.19. The highest BCUT2D eigenvalue weighted by Crippen LogP contribution is 2.31. The first kappa shape index (κ1) is 20.0. The van der Waals surface area contributed by atoms with Gasteiger partial charge in [-0.25, -0.2) is 4.68 Å². The summed E-state index contributed by atoms with van der Waals surface area (Å²) < 4.78 is 6.97. The van der Waals surface area contributed by atoms with E-state index in [0.29, 0.717) is 19.4 Å². The molecule has 1 heterocycles. The Kier molecular flexibility index (Phi) is 6.09. The summed E-state index contributed by atoms with van der Waals surface area (Å²) in [5.41, 5.74) is 6.99. The molecule has 148 valence electrons. The first-order valence-corrected chi connectivity index (χ1v) is 9.58. The van der Waals surface area contributed by atoms with E-state index in [0.717, 1.165) is 38.9 Å². The van der Waals surface area contributed by atoms with Crippen LogP contribution in [0.3, 0.4) is 0 Å². The third kappa shape index (κ3) is 4.07. The molecule has 1 atom stereocenters. The first-order chi connectivity index (χ1) is 13.4. The van der Waals surface area contributed by atoms with Gasteiger partial charge in [0, 0.05) is 7.05 Å². The molecule has 0 saturated heterocycles. The van der Waals surface area contributed by atoms with Gasteiger partial charge >= 0.3 is 5.97 Å². The number of carbonyl (C=O) groups excluding carboxylic acids is 1. The van der Waals surface area contributed by atoms with Gasteiger partial charge in [0.15, 0.2) is 0 Å². The normalized spacial score (nSPS) is 12.3. The number of hydrogen-bond donors (Lipinski definition) is 1. The maximum Gasteiger partial charge on any atom is 0.306 e. The van der Waals surface area contributed by atoms with Gasteiger partial charge in [0.2, 0.25) is 0 Å². The van der Waals surface area contributed by atoms with Crippen LogP contribution in [0.4, 0.5) is 0 Å². The highest BCUT2D eigenvalue weighted by Gasteiger charge is 2.22. The van der Waals surface area contributed by atoms with E-state index in [-0.39, 0.29) is 18.5 Å². The molecule has 28 heavy (non-hydrogen) atoms. The number of benzene rings is 2. The monoisotopic (exact) mass is 381 g/mol. The molecule has 6 nitrogen and oxygen atoms in total. The molecule has 0 aliphatic heterocycles. The Morgan fingerprint density at radius 3 is 2.75 bits per heavy atom. The molecule has 0 unspecified atom stereocenters. The molecule has 0 spiro atoms. The molecule has 1 aromatic heterocycles. The van der Waals surface area contributed by atoms with Gasteiger partial charge in [0.25, 0.3) is 0 Å². The Balaban J connectivity index is 1.99. The number of fused-ring (bicyclic) bond motifs is 1. The number of rotatable bonds is 7. The van der Waals surface area contributed by atoms with Crippen molar-refractivity contribution in [1.29, 1.82) is 0 Å². The van der Waals surface area contributed by atoms with Crippen molar-refractivity contribution < 1.29 is 14.6 Å². The number of aromatic nitrogens is 3. The van der Waals surface area contributed by atoms with E-state index in [1.54, 1.807) is 4.68 Å². The molecule has 3 aromatic rings. The molecule has 0 saturated carbocycles. The van der Waals surface area contributed by atoms with E-state index >= 15 is 0 Å². The van der Waals surface area contributed by atoms with Crippen molar-refractivity contribution in [3.63, 3.8) is 0 Å². The highest BCUT2D eigenvalue weighted by molar-refractivity contribution is 5.80. The van der Waals surface area contributed by atoms with Gasteiger partial charge in [-0.3, -0.25) is 4.79 Å². The van der Waals surface area contributed by atoms with E-state index in [1.165, 1.54) is 0 Å². The van der Waals surface area contributed by atoms with Crippen molar-refractivity contribution in [2.75, 3.05) is 6.61 Å². The van der Waals surface area contributed by atoms with Crippen molar-refractivity contribution in [3.8, 4) is 0 Å². The lowest BCUT2D eigenvalue weighted by Crippen LogP contribution is -2.14. The maximum atomic E-state index is 12.3. The van der Waals surface area contributed by atoms with Gasteiger partial charge in [0.05, 0.1) is 25.2 Å². The van der Waals surface area contributed by atoms with Gasteiger partial charge in [-0.2, -0.15) is 0 Å². The fraction of sp³-hybridized carbons (Fsp3) is 0.409. The Hall–Kier alpha value is -2.73. The number of nitrogens with zero attached hydrogens (tertiary/aromatic N) is 3. The summed E-state index contributed by atoms with van der Waals surface area (Å²) in [6.45, 7) is 6.20. The SMILES string of the molecule is CCOC(=O)C[C@@H](Cc1ccc(C)c(CO)c1)c1ccc2c(nnn2C)c1C. The molecule has 0 radical (unpaired) electrons. The molecule has 0 aliphatic rings. The quantitative estimate of drug-likeness (QED) is 0.635. The Bertz CT molecular complexity index is 994. The number of carbonyl (C=O) groups is 1. The maximum absolute atomic E-state index is 12.3. The van der Waals surface area contributed by atoms with Crippen molar-refractivity contribution >= 4 is 17.0 Å². The van der Waals surface area contributed by atoms with Gasteiger partial charge in [-0.05, 0) is 67.0 Å². The third-order valence-electron chi connectivity index (χ3n) is 5.30. The molecular formula is C22H27N3O3. The largest absolute Gasteiger partial charge is 0.466 e. The summed E-state index contributed by atoms with van der Waals surface area (Å²) in [6, 6.07) is 10.2. The fourth-order valence-electron chi connectivity index (χ4n) is 3.71. The number of esters is 1. The number of aliphatic hydroxyl groups excluding tert-OH is 1. The van der Waals surface area contributed by atoms with Crippen molar-refractivity contribution in [3.05, 3.63) is 58.1 Å². The van der Waals surface area contributed by atoms with E-state index < -0.39 is 0 Å². The Morgan fingerprint density at radius 2 is 2.04 bits per heavy atom. The van der Waals surface area contributed by atoms with Crippen LogP contribution in [0.15, 0.2) is 30.3 Å². The summed E-state index contributed by atoms with van der Waals surface area (Å²) in [7, 11) is 1.87. The first-order valence-electron chi connectivity index (χ1n) is 9.58. The van der Waals surface area contributed by atoms with Crippen molar-refractivity contribution in [2.24, 2.45) is 7.05 Å². The van der Waals surface area contributed by atoms with Crippen molar-refractivity contribution in [1.82, 2.24) is 15.0 Å². The lowest BCUT2D eigenvalue weighted by molar-refractivity contribution is -0.143. The van der Waals surface area contributed by atoms with Gasteiger partial charge in [-0.1, -0.05) is 29.5 Å². The smallest absolute Gasteiger partial charge is 0.306 e. The summed E-state index contributed by atoms with van der Waals surface area (Å²) in [4.78, 5) is 12.3. The zero-order valence-electron chi connectivity index (χ0n) is 16.9. The van der Waals surface area contributed by atoms with Crippen LogP contribution in [-0.2, 0) is 29.6 Å². The average molecular weight is 381 g/mol. The lowest BCUT2D eigenvalue weighted by atomic mass is 9.85. The Morgan fingerprint density at radius 1 is 1.25 bits per heavy atom. The van der Waals surface area contributed by atoms with Crippen LogP contribution in [0, 0.1) is 13.8 Å². The molecular weight excluding hydrogens is 354 g/mol. The van der Waals surface area contributed by atoms with Gasteiger partial charge in [0.1, 0.15) is 5.52 Å². The molecule has 3 rings (SSSR count). The van der Waals surface area contributed by atoms with Gasteiger partial charge < -0.3 is 9.84 Å². The van der Waals surface area contributed by atoms with E-state index in [4.69, 9.17) is 4.74 Å². The number of ether oxygens (including phenoxy) is 1. The third-order valence-corrected chi connectivity index (χ3v) is 5.30. The van der Waals surface area contributed by atoms with Crippen LogP contribution in [0.25, 0.3) is 11.0 Å². The summed E-state index contributed by atoms with van der Waals surface area (Å²) in [5, 5.41) is 18.0. The van der Waals surface area contributed by atoms with Gasteiger partial charge in [-0.15, -0.1) is 5.10 Å². The minimum atomic E-state index is -0.208. The second kappa shape index (κ2) is 8.52. The molecule has 6 heteroatoms. The molecule has 2 aromatic carbocycles. The van der Waals surface area contributed by atoms with Crippen LogP contribution in [0.1, 0.15) is 47.1 Å². The Labute approximate surface area is 165 Å². The highest BCUT2D eigenvalue weighted by atomic mass is 16.5. The average Bonchev–Trinajstić information content (AvgIpc) is 3.05.